The maximum absolute atomic E-state index is 5.79. The molecule has 2 unspecified atom stereocenters. The van der Waals surface area contributed by atoms with Gasteiger partial charge >= 0.3 is 0 Å². The molecule has 0 bridgehead atoms. The molecule has 2 nitrogen and oxygen atoms in total. The quantitative estimate of drug-likeness (QED) is 0.619. The minimum atomic E-state index is 0.0522. The first kappa shape index (κ1) is 18.4. The van der Waals surface area contributed by atoms with Crippen LogP contribution >= 0.6 is 24.0 Å². The van der Waals surface area contributed by atoms with E-state index >= 15 is 0 Å². The Balaban J connectivity index is 1.51. The maximum Gasteiger partial charge on any atom is 0.110 e. The fourth-order valence-corrected chi connectivity index (χ4v) is 7.21. The van der Waals surface area contributed by atoms with Gasteiger partial charge in [0.05, 0.1) is 4.20 Å². The first-order valence-electron chi connectivity index (χ1n) is 10.7. The Bertz CT molecular complexity index is 526. The summed E-state index contributed by atoms with van der Waals surface area (Å²) in [4.78, 5) is 5.46. The highest BCUT2D eigenvalue weighted by molar-refractivity contribution is 8.23. The van der Waals surface area contributed by atoms with E-state index in [2.05, 4.69) is 12.2 Å². The largest absolute Gasteiger partial charge is 0.293 e. The smallest absolute Gasteiger partial charge is 0.110 e. The standard InChI is InChI=1S/C21H34N2S2/c1-2-25-19(24)17-8-6-7-16-15-22-21(23-18(16)17)13-11-20(12-14-21)9-4-3-5-10-20/h16-17,22H,2-15H2,1H3. The zero-order valence-corrected chi connectivity index (χ0v) is 17.5. The van der Waals surface area contributed by atoms with Gasteiger partial charge in [-0.1, -0.05) is 44.8 Å². The molecule has 1 N–H and O–H groups in total. The van der Waals surface area contributed by atoms with Crippen LogP contribution in [0.3, 0.4) is 0 Å². The summed E-state index contributed by atoms with van der Waals surface area (Å²) in [5.41, 5.74) is 2.20. The molecule has 3 fully saturated rings. The normalized spacial score (nSPS) is 33.7. The van der Waals surface area contributed by atoms with Crippen LogP contribution in [0.1, 0.15) is 84.0 Å². The van der Waals surface area contributed by atoms with Gasteiger partial charge in [-0.25, -0.2) is 0 Å². The van der Waals surface area contributed by atoms with Crippen LogP contribution in [0.25, 0.3) is 0 Å². The molecule has 25 heavy (non-hydrogen) atoms. The topological polar surface area (TPSA) is 24.4 Å². The lowest BCUT2D eigenvalue weighted by atomic mass is 9.62. The number of fused-ring (bicyclic) bond motifs is 1. The van der Waals surface area contributed by atoms with Crippen molar-refractivity contribution < 1.29 is 0 Å². The molecule has 4 rings (SSSR count). The molecule has 0 radical (unpaired) electrons. The Morgan fingerprint density at radius 1 is 1.08 bits per heavy atom. The number of rotatable bonds is 2. The molecule has 2 atom stereocenters. The molecule has 0 aromatic heterocycles. The van der Waals surface area contributed by atoms with Gasteiger partial charge in [0.2, 0.25) is 0 Å². The van der Waals surface area contributed by atoms with Gasteiger partial charge < -0.3 is 0 Å². The molecule has 4 heteroatoms. The average molecular weight is 379 g/mol. The molecule has 1 aliphatic heterocycles. The summed E-state index contributed by atoms with van der Waals surface area (Å²) in [7, 11) is 0. The highest BCUT2D eigenvalue weighted by Gasteiger charge is 2.46. The van der Waals surface area contributed by atoms with E-state index in [-0.39, 0.29) is 5.66 Å². The number of thiocarbonyl (C=S) groups is 1. The second kappa shape index (κ2) is 7.59. The van der Waals surface area contributed by atoms with Crippen molar-refractivity contribution in [3.63, 3.8) is 0 Å². The highest BCUT2D eigenvalue weighted by Crippen LogP contribution is 2.51. The van der Waals surface area contributed by atoms with Crippen LogP contribution in [0.2, 0.25) is 0 Å². The third-order valence-electron chi connectivity index (χ3n) is 7.46. The van der Waals surface area contributed by atoms with Crippen LogP contribution in [0, 0.1) is 17.3 Å². The van der Waals surface area contributed by atoms with E-state index in [0.717, 1.165) is 12.3 Å². The van der Waals surface area contributed by atoms with E-state index in [1.807, 2.05) is 11.8 Å². The maximum atomic E-state index is 5.79. The Hall–Kier alpha value is 0.0700. The molecule has 1 heterocycles. The monoisotopic (exact) mass is 378 g/mol. The molecular formula is C21H34N2S2. The second-order valence-electron chi connectivity index (χ2n) is 8.94. The van der Waals surface area contributed by atoms with Gasteiger partial charge in [0.25, 0.3) is 0 Å². The Morgan fingerprint density at radius 2 is 1.84 bits per heavy atom. The van der Waals surface area contributed by atoms with E-state index in [0.29, 0.717) is 17.3 Å². The van der Waals surface area contributed by atoms with E-state index in [1.54, 1.807) is 0 Å². The molecule has 0 saturated heterocycles. The molecule has 140 valence electrons. The minimum Gasteiger partial charge on any atom is -0.293 e. The van der Waals surface area contributed by atoms with E-state index < -0.39 is 0 Å². The zero-order chi connectivity index (χ0) is 17.3. The fourth-order valence-electron chi connectivity index (χ4n) is 5.89. The Labute approximate surface area is 163 Å². The average Bonchev–Trinajstić information content (AvgIpc) is 2.65. The first-order chi connectivity index (χ1) is 12.2. The molecule has 0 aromatic carbocycles. The van der Waals surface area contributed by atoms with Gasteiger partial charge in [0.1, 0.15) is 5.66 Å². The number of aliphatic imine (C=N–C) groups is 1. The number of hydrogen-bond donors (Lipinski definition) is 1. The zero-order valence-electron chi connectivity index (χ0n) is 15.8. The summed E-state index contributed by atoms with van der Waals surface area (Å²) in [6.07, 6.45) is 16.5. The summed E-state index contributed by atoms with van der Waals surface area (Å²) in [5, 5.41) is 3.91. The third-order valence-corrected chi connectivity index (χ3v) is 8.96. The van der Waals surface area contributed by atoms with Gasteiger partial charge in [-0.05, 0) is 62.5 Å². The predicted molar refractivity (Wildman–Crippen MR) is 114 cm³/mol. The molecule has 4 aliphatic rings. The van der Waals surface area contributed by atoms with Crippen molar-refractivity contribution in [2.45, 2.75) is 89.6 Å². The van der Waals surface area contributed by atoms with E-state index in [9.17, 15) is 0 Å². The molecular weight excluding hydrogens is 344 g/mol. The van der Waals surface area contributed by atoms with Gasteiger partial charge in [-0.3, -0.25) is 10.3 Å². The van der Waals surface area contributed by atoms with Crippen molar-refractivity contribution in [2.24, 2.45) is 22.2 Å². The molecule has 0 amide bonds. The molecule has 0 aromatic rings. The Kier molecular flexibility index (Phi) is 5.60. The summed E-state index contributed by atoms with van der Waals surface area (Å²) < 4.78 is 1.21. The van der Waals surface area contributed by atoms with Crippen molar-refractivity contribution in [3.05, 3.63) is 0 Å². The second-order valence-corrected chi connectivity index (χ2v) is 10.9. The SMILES string of the molecule is CCSC(=S)C1CCCC2CNC3(CCC4(CCCCC4)CC3)N=C21. The van der Waals surface area contributed by atoms with Crippen molar-refractivity contribution in [1.29, 1.82) is 0 Å². The van der Waals surface area contributed by atoms with Crippen molar-refractivity contribution in [1.82, 2.24) is 5.32 Å². The van der Waals surface area contributed by atoms with Gasteiger partial charge in [-0.15, -0.1) is 11.8 Å². The van der Waals surface area contributed by atoms with Gasteiger partial charge in [-0.2, -0.15) is 0 Å². The summed E-state index contributed by atoms with van der Waals surface area (Å²) >= 11 is 7.67. The third kappa shape index (κ3) is 3.73. The lowest BCUT2D eigenvalue weighted by Crippen LogP contribution is -2.56. The van der Waals surface area contributed by atoms with E-state index in [1.165, 1.54) is 87.0 Å². The van der Waals surface area contributed by atoms with Crippen LogP contribution in [0.5, 0.6) is 0 Å². The summed E-state index contributed by atoms with van der Waals surface area (Å²) in [6, 6.07) is 0. The van der Waals surface area contributed by atoms with Crippen LogP contribution in [0.15, 0.2) is 4.99 Å². The fraction of sp³-hybridized carbons (Fsp3) is 0.905. The summed E-state index contributed by atoms with van der Waals surface area (Å²) in [5.74, 6) is 2.22. The number of hydrogen-bond acceptors (Lipinski definition) is 4. The first-order valence-corrected chi connectivity index (χ1v) is 12.1. The van der Waals surface area contributed by atoms with Crippen molar-refractivity contribution in [3.8, 4) is 0 Å². The lowest BCUT2D eigenvalue weighted by Gasteiger charge is -2.50. The number of nitrogens with one attached hydrogen (secondary N) is 1. The van der Waals surface area contributed by atoms with Gasteiger partial charge in [0, 0.05) is 24.1 Å². The van der Waals surface area contributed by atoms with Crippen LogP contribution in [-0.2, 0) is 0 Å². The number of thioether (sulfide) groups is 1. The molecule has 3 aliphatic carbocycles. The predicted octanol–water partition coefficient (Wildman–Crippen LogP) is 5.75. The number of nitrogens with zero attached hydrogens (tertiary/aromatic N) is 1. The minimum absolute atomic E-state index is 0.0522. The Morgan fingerprint density at radius 3 is 2.56 bits per heavy atom. The van der Waals surface area contributed by atoms with Crippen LogP contribution < -0.4 is 5.32 Å². The lowest BCUT2D eigenvalue weighted by molar-refractivity contribution is 0.0669. The molecule has 2 spiro atoms. The summed E-state index contributed by atoms with van der Waals surface area (Å²) in [6.45, 7) is 3.36. The van der Waals surface area contributed by atoms with Crippen molar-refractivity contribution in [2.75, 3.05) is 12.3 Å². The van der Waals surface area contributed by atoms with Crippen LogP contribution in [-0.4, -0.2) is 27.9 Å². The van der Waals surface area contributed by atoms with Gasteiger partial charge in [0.15, 0.2) is 0 Å². The molecule has 3 saturated carbocycles. The highest BCUT2D eigenvalue weighted by atomic mass is 32.2. The van der Waals surface area contributed by atoms with Crippen LogP contribution in [0.4, 0.5) is 0 Å². The van der Waals surface area contributed by atoms with Crippen molar-refractivity contribution >= 4 is 33.9 Å². The van der Waals surface area contributed by atoms with E-state index in [4.69, 9.17) is 17.2 Å².